The lowest BCUT2D eigenvalue weighted by atomic mass is 10.2. The molecule has 0 aliphatic carbocycles. The van der Waals surface area contributed by atoms with E-state index in [2.05, 4.69) is 20.4 Å². The Morgan fingerprint density at radius 2 is 1.32 bits per heavy atom. The second-order valence-electron chi connectivity index (χ2n) is 7.86. The number of nitrogens with one attached hydrogen (secondary N) is 2. The fourth-order valence-corrected chi connectivity index (χ4v) is 3.55. The third kappa shape index (κ3) is 7.41. The summed E-state index contributed by atoms with van der Waals surface area (Å²) in [7, 11) is 0. The van der Waals surface area contributed by atoms with Gasteiger partial charge in [0, 0.05) is 38.8 Å². The van der Waals surface area contributed by atoms with Crippen LogP contribution >= 0.6 is 0 Å². The highest BCUT2D eigenvalue weighted by Gasteiger charge is 2.26. The second-order valence-corrected chi connectivity index (χ2v) is 7.86. The maximum absolute atomic E-state index is 12.9. The summed E-state index contributed by atoms with van der Waals surface area (Å²) in [5, 5.41) is 5.72. The predicted octanol–water partition coefficient (Wildman–Crippen LogP) is 1.90. The lowest BCUT2D eigenvalue weighted by molar-refractivity contribution is -0.126. The van der Waals surface area contributed by atoms with E-state index in [0.717, 1.165) is 11.1 Å². The monoisotopic (exact) mass is 430 g/mol. The van der Waals surface area contributed by atoms with Crippen LogP contribution in [-0.4, -0.2) is 60.4 Å². The fraction of sp³-hybridized carbons (Fsp3) is 0.391. The van der Waals surface area contributed by atoms with Gasteiger partial charge in [0.25, 0.3) is 0 Å². The van der Waals surface area contributed by atoms with E-state index in [1.54, 1.807) is 24.3 Å². The van der Waals surface area contributed by atoms with Gasteiger partial charge in [0.2, 0.25) is 11.8 Å². The lowest BCUT2D eigenvalue weighted by Gasteiger charge is -2.39. The van der Waals surface area contributed by atoms with Crippen molar-refractivity contribution >= 4 is 11.8 Å². The highest BCUT2D eigenvalue weighted by Crippen LogP contribution is 2.09. The number of piperazine rings is 1. The van der Waals surface area contributed by atoms with Gasteiger partial charge >= 0.3 is 0 Å². The van der Waals surface area contributed by atoms with E-state index >= 15 is 0 Å². The van der Waals surface area contributed by atoms with Gasteiger partial charge in [-0.15, -0.1) is 0 Å². The van der Waals surface area contributed by atoms with Gasteiger partial charge in [0.05, 0.1) is 13.1 Å². The van der Waals surface area contributed by atoms with Crippen LogP contribution in [-0.2, 0) is 22.7 Å². The molecule has 1 fully saturated rings. The van der Waals surface area contributed by atoms with E-state index in [0.29, 0.717) is 32.7 Å². The minimum absolute atomic E-state index is 0.0815. The highest BCUT2D eigenvalue weighted by molar-refractivity contribution is 5.78. The van der Waals surface area contributed by atoms with Gasteiger partial charge in [-0.2, -0.15) is 0 Å². The van der Waals surface area contributed by atoms with Gasteiger partial charge in [-0.3, -0.25) is 19.4 Å². The van der Waals surface area contributed by atoms with E-state index in [4.69, 9.17) is 0 Å². The number of amides is 2. The van der Waals surface area contributed by atoms with Crippen LogP contribution in [0.15, 0.2) is 48.5 Å². The molecule has 2 N–H and O–H groups in total. The molecule has 0 saturated carbocycles. The zero-order chi connectivity index (χ0) is 22.2. The molecule has 8 heteroatoms. The van der Waals surface area contributed by atoms with Crippen molar-refractivity contribution < 1.29 is 18.4 Å². The number of hydrogen-bond donors (Lipinski definition) is 2. The van der Waals surface area contributed by atoms with Gasteiger partial charge in [-0.25, -0.2) is 8.78 Å². The second kappa shape index (κ2) is 11.0. The molecule has 31 heavy (non-hydrogen) atoms. The third-order valence-electron chi connectivity index (χ3n) is 5.37. The van der Waals surface area contributed by atoms with Crippen molar-refractivity contribution in [2.24, 2.45) is 0 Å². The summed E-state index contributed by atoms with van der Waals surface area (Å²) in [4.78, 5) is 28.7. The molecule has 1 unspecified atom stereocenters. The molecule has 1 aliphatic rings. The smallest absolute Gasteiger partial charge is 0.234 e. The molecule has 1 aliphatic heterocycles. The van der Waals surface area contributed by atoms with Crippen molar-refractivity contribution in [3.63, 3.8) is 0 Å². The molecular formula is C23H28F2N4O2. The first-order chi connectivity index (χ1) is 14.9. The third-order valence-corrected chi connectivity index (χ3v) is 5.37. The molecule has 1 saturated heterocycles. The molecule has 6 nitrogen and oxygen atoms in total. The summed E-state index contributed by atoms with van der Waals surface area (Å²) in [6.07, 6.45) is 0. The number of hydrogen-bond acceptors (Lipinski definition) is 4. The van der Waals surface area contributed by atoms with Crippen molar-refractivity contribution in [1.82, 2.24) is 20.4 Å². The normalized spacial score (nSPS) is 17.3. The van der Waals surface area contributed by atoms with E-state index in [1.165, 1.54) is 24.3 Å². The Kier molecular flexibility index (Phi) is 8.08. The van der Waals surface area contributed by atoms with Crippen LogP contribution in [0.5, 0.6) is 0 Å². The fourth-order valence-electron chi connectivity index (χ4n) is 3.55. The molecule has 0 bridgehead atoms. The summed E-state index contributed by atoms with van der Waals surface area (Å²) in [6.45, 7) is 5.41. The van der Waals surface area contributed by atoms with Crippen LogP contribution in [0.2, 0.25) is 0 Å². The maximum Gasteiger partial charge on any atom is 0.234 e. The Hall–Kier alpha value is -2.84. The van der Waals surface area contributed by atoms with Gasteiger partial charge < -0.3 is 10.6 Å². The van der Waals surface area contributed by atoms with E-state index < -0.39 is 0 Å². The SMILES string of the molecule is CC1CN(CC(=O)NCc2ccc(F)cc2)CCN1CC(=O)NCc1ccc(F)cc1. The Labute approximate surface area is 181 Å². The lowest BCUT2D eigenvalue weighted by Crippen LogP contribution is -2.55. The van der Waals surface area contributed by atoms with E-state index in [9.17, 15) is 18.4 Å². The zero-order valence-corrected chi connectivity index (χ0v) is 17.6. The minimum Gasteiger partial charge on any atom is -0.351 e. The van der Waals surface area contributed by atoms with Crippen molar-refractivity contribution in [1.29, 1.82) is 0 Å². The summed E-state index contributed by atoms with van der Waals surface area (Å²) in [6, 6.07) is 12.2. The molecule has 2 aromatic carbocycles. The Balaban J connectivity index is 1.36. The average molecular weight is 430 g/mol. The van der Waals surface area contributed by atoms with Gasteiger partial charge in [-0.1, -0.05) is 24.3 Å². The van der Waals surface area contributed by atoms with Crippen LogP contribution in [0.1, 0.15) is 18.1 Å². The number of carbonyl (C=O) groups is 2. The van der Waals surface area contributed by atoms with Gasteiger partial charge in [-0.05, 0) is 42.3 Å². The van der Waals surface area contributed by atoms with Crippen molar-refractivity contribution in [2.75, 3.05) is 32.7 Å². The largest absolute Gasteiger partial charge is 0.351 e. The van der Waals surface area contributed by atoms with Crippen LogP contribution in [0.3, 0.4) is 0 Å². The number of rotatable bonds is 8. The van der Waals surface area contributed by atoms with Gasteiger partial charge in [0.1, 0.15) is 11.6 Å². The van der Waals surface area contributed by atoms with Crippen LogP contribution in [0.4, 0.5) is 8.78 Å². The highest BCUT2D eigenvalue weighted by atomic mass is 19.1. The molecule has 2 aromatic rings. The molecule has 0 radical (unpaired) electrons. The van der Waals surface area contributed by atoms with Crippen molar-refractivity contribution in [3.8, 4) is 0 Å². The summed E-state index contributed by atoms with van der Waals surface area (Å²) >= 11 is 0. The predicted molar refractivity (Wildman–Crippen MR) is 114 cm³/mol. The Bertz CT molecular complexity index is 874. The van der Waals surface area contributed by atoms with E-state index in [1.807, 2.05) is 6.92 Å². The molecule has 0 aromatic heterocycles. The summed E-state index contributed by atoms with van der Waals surface area (Å²) in [5.41, 5.74) is 1.69. The summed E-state index contributed by atoms with van der Waals surface area (Å²) in [5.74, 6) is -0.763. The number of benzene rings is 2. The van der Waals surface area contributed by atoms with Crippen LogP contribution in [0.25, 0.3) is 0 Å². The summed E-state index contributed by atoms with van der Waals surface area (Å²) < 4.78 is 25.9. The first-order valence-corrected chi connectivity index (χ1v) is 10.4. The number of halogens is 2. The first-order valence-electron chi connectivity index (χ1n) is 10.4. The number of carbonyl (C=O) groups excluding carboxylic acids is 2. The maximum atomic E-state index is 12.9. The Morgan fingerprint density at radius 1 is 0.839 bits per heavy atom. The standard InChI is InChI=1S/C23H28F2N4O2/c1-17-14-28(15-22(30)26-12-18-2-6-20(24)7-3-18)10-11-29(17)16-23(31)27-13-19-4-8-21(25)9-5-19/h2-9,17H,10-16H2,1H3,(H,26,30)(H,27,31). The molecule has 166 valence electrons. The van der Waals surface area contributed by atoms with E-state index in [-0.39, 0.29) is 42.6 Å². The van der Waals surface area contributed by atoms with Gasteiger partial charge in [0.15, 0.2) is 0 Å². The van der Waals surface area contributed by atoms with Crippen LogP contribution in [0, 0.1) is 11.6 Å². The first kappa shape index (κ1) is 22.8. The molecule has 3 rings (SSSR count). The van der Waals surface area contributed by atoms with Crippen molar-refractivity contribution in [3.05, 3.63) is 71.3 Å². The topological polar surface area (TPSA) is 64.7 Å². The molecular weight excluding hydrogens is 402 g/mol. The molecule has 0 spiro atoms. The Morgan fingerprint density at radius 3 is 1.81 bits per heavy atom. The number of nitrogens with zero attached hydrogens (tertiary/aromatic N) is 2. The molecule has 1 atom stereocenters. The average Bonchev–Trinajstić information content (AvgIpc) is 2.75. The molecule has 2 amide bonds. The van der Waals surface area contributed by atoms with Crippen molar-refractivity contribution in [2.45, 2.75) is 26.1 Å². The quantitative estimate of drug-likeness (QED) is 0.672. The zero-order valence-electron chi connectivity index (χ0n) is 17.6. The minimum atomic E-state index is -0.300. The van der Waals surface area contributed by atoms with Crippen LogP contribution < -0.4 is 10.6 Å². The molecule has 1 heterocycles.